The molecule has 0 saturated carbocycles. The summed E-state index contributed by atoms with van der Waals surface area (Å²) in [5.74, 6) is 0.0886. The number of alkyl halides is 3. The minimum atomic E-state index is -4.95. The van der Waals surface area contributed by atoms with Crippen molar-refractivity contribution in [3.63, 3.8) is 0 Å². The summed E-state index contributed by atoms with van der Waals surface area (Å²) in [6, 6.07) is 11.1. The topological polar surface area (TPSA) is 64.4 Å². The first-order valence-electron chi connectivity index (χ1n) is 8.18. The normalized spacial score (nSPS) is 14.1. The number of aliphatic hydroxyl groups is 1. The molecule has 0 fully saturated rings. The van der Waals surface area contributed by atoms with Crippen LogP contribution in [-0.2, 0) is 12.0 Å². The van der Waals surface area contributed by atoms with E-state index in [2.05, 4.69) is 21.0 Å². The van der Waals surface area contributed by atoms with E-state index in [1.54, 1.807) is 24.3 Å². The highest BCUT2D eigenvalue weighted by molar-refractivity contribution is 9.10. The minimum Gasteiger partial charge on any atom is -0.497 e. The molecule has 0 aliphatic carbocycles. The van der Waals surface area contributed by atoms with Crippen LogP contribution in [0.25, 0.3) is 10.9 Å². The van der Waals surface area contributed by atoms with Gasteiger partial charge in [-0.05, 0) is 42.8 Å². The molecule has 28 heavy (non-hydrogen) atoms. The molecule has 9 heteroatoms. The number of carbonyl (C=O) groups is 1. The molecule has 0 bridgehead atoms. The summed E-state index contributed by atoms with van der Waals surface area (Å²) in [4.78, 5) is 12.8. The molecule has 3 rings (SSSR count). The predicted octanol–water partition coefficient (Wildman–Crippen LogP) is 4.46. The maximum Gasteiger partial charge on any atom is 0.422 e. The molecule has 1 atom stereocenters. The van der Waals surface area contributed by atoms with Gasteiger partial charge in [0.25, 0.3) is 5.91 Å². The van der Waals surface area contributed by atoms with E-state index in [4.69, 9.17) is 4.74 Å². The number of hydrogen-bond donors (Lipinski definition) is 1. The molecule has 0 aliphatic heterocycles. The van der Waals surface area contributed by atoms with E-state index in [1.807, 2.05) is 0 Å². The van der Waals surface area contributed by atoms with Crippen LogP contribution >= 0.6 is 15.9 Å². The van der Waals surface area contributed by atoms with Gasteiger partial charge in [0.1, 0.15) is 11.4 Å². The lowest BCUT2D eigenvalue weighted by atomic mass is 9.98. The molecule has 0 amide bonds. The number of aromatic nitrogens is 2. The average molecular weight is 457 g/mol. The highest BCUT2D eigenvalue weighted by Gasteiger charge is 2.54. The molecular formula is C19H16BrF3N2O3. The van der Waals surface area contributed by atoms with Gasteiger partial charge < -0.3 is 9.84 Å². The van der Waals surface area contributed by atoms with Crippen molar-refractivity contribution in [3.8, 4) is 5.75 Å². The van der Waals surface area contributed by atoms with Gasteiger partial charge in [-0.15, -0.1) is 0 Å². The zero-order chi connectivity index (χ0) is 20.7. The summed E-state index contributed by atoms with van der Waals surface area (Å²) in [6.07, 6.45) is -5.04. The van der Waals surface area contributed by atoms with Crippen LogP contribution in [0.4, 0.5) is 13.2 Å². The number of methoxy groups -OCH3 is 1. The molecular weight excluding hydrogens is 441 g/mol. The Morgan fingerprint density at radius 1 is 1.21 bits per heavy atom. The summed E-state index contributed by atoms with van der Waals surface area (Å²) in [6.45, 7) is 0.620. The van der Waals surface area contributed by atoms with E-state index in [0.717, 1.165) is 4.68 Å². The molecule has 2 aromatic carbocycles. The first kappa shape index (κ1) is 20.3. The van der Waals surface area contributed by atoms with Crippen molar-refractivity contribution in [2.75, 3.05) is 7.11 Å². The lowest BCUT2D eigenvalue weighted by Gasteiger charge is -2.24. The molecule has 1 N–H and O–H groups in total. The monoisotopic (exact) mass is 456 g/mol. The van der Waals surface area contributed by atoms with Crippen LogP contribution in [0.2, 0.25) is 0 Å². The van der Waals surface area contributed by atoms with E-state index in [-0.39, 0.29) is 17.3 Å². The van der Waals surface area contributed by atoms with Crippen LogP contribution in [0.5, 0.6) is 5.75 Å². The fourth-order valence-electron chi connectivity index (χ4n) is 2.76. The fourth-order valence-corrected chi connectivity index (χ4v) is 3.11. The quantitative estimate of drug-likeness (QED) is 0.629. The largest absolute Gasteiger partial charge is 0.497 e. The number of fused-ring (bicyclic) bond motifs is 1. The van der Waals surface area contributed by atoms with Crippen molar-refractivity contribution in [2.24, 2.45) is 0 Å². The van der Waals surface area contributed by atoms with Crippen LogP contribution < -0.4 is 4.74 Å². The van der Waals surface area contributed by atoms with Crippen molar-refractivity contribution in [2.45, 2.75) is 25.1 Å². The van der Waals surface area contributed by atoms with E-state index >= 15 is 0 Å². The zero-order valence-electron chi connectivity index (χ0n) is 14.9. The van der Waals surface area contributed by atoms with Crippen LogP contribution in [0.15, 0.2) is 46.9 Å². The molecule has 5 nitrogen and oxygen atoms in total. The molecule has 0 radical (unpaired) electrons. The van der Waals surface area contributed by atoms with Gasteiger partial charge in [-0.1, -0.05) is 28.1 Å². The Kier molecular flexibility index (Phi) is 5.24. The first-order valence-corrected chi connectivity index (χ1v) is 8.98. The van der Waals surface area contributed by atoms with Gasteiger partial charge in [-0.3, -0.25) is 4.79 Å². The fraction of sp³-hybridized carbons (Fsp3) is 0.263. The predicted molar refractivity (Wildman–Crippen MR) is 100 cm³/mol. The van der Waals surface area contributed by atoms with Gasteiger partial charge in [-0.25, -0.2) is 0 Å². The van der Waals surface area contributed by atoms with Gasteiger partial charge in [0, 0.05) is 9.86 Å². The minimum absolute atomic E-state index is 0.0496. The molecule has 1 heterocycles. The number of nitrogens with zero attached hydrogens (tertiary/aromatic N) is 2. The lowest BCUT2D eigenvalue weighted by Crippen LogP contribution is -2.40. The summed E-state index contributed by atoms with van der Waals surface area (Å²) >= 11 is 3.25. The Bertz CT molecular complexity index is 1030. The molecule has 1 aromatic heterocycles. The second kappa shape index (κ2) is 7.21. The van der Waals surface area contributed by atoms with E-state index < -0.39 is 23.4 Å². The lowest BCUT2D eigenvalue weighted by molar-refractivity contribution is -0.259. The molecule has 1 unspecified atom stereocenters. The summed E-state index contributed by atoms with van der Waals surface area (Å²) < 4.78 is 46.6. The molecule has 3 aromatic rings. The Morgan fingerprint density at radius 2 is 1.86 bits per heavy atom. The molecule has 0 spiro atoms. The SMILES string of the molecule is COc1ccc(CC(=O)n2nc(C(C)(O)C(F)(F)F)c3ccc(Br)cc32)cc1. The van der Waals surface area contributed by atoms with Crippen molar-refractivity contribution in [1.29, 1.82) is 0 Å². The van der Waals surface area contributed by atoms with E-state index in [9.17, 15) is 23.1 Å². The van der Waals surface area contributed by atoms with Gasteiger partial charge in [0.05, 0.1) is 19.0 Å². The van der Waals surface area contributed by atoms with Crippen molar-refractivity contribution in [1.82, 2.24) is 9.78 Å². The van der Waals surface area contributed by atoms with Crippen LogP contribution in [0.3, 0.4) is 0 Å². The molecule has 0 saturated heterocycles. The van der Waals surface area contributed by atoms with Crippen LogP contribution in [0.1, 0.15) is 23.0 Å². The van der Waals surface area contributed by atoms with Crippen molar-refractivity contribution in [3.05, 3.63) is 58.2 Å². The zero-order valence-corrected chi connectivity index (χ0v) is 16.5. The molecule has 148 valence electrons. The van der Waals surface area contributed by atoms with E-state index in [0.29, 0.717) is 22.7 Å². The smallest absolute Gasteiger partial charge is 0.422 e. The molecule has 0 aliphatic rings. The van der Waals surface area contributed by atoms with Crippen LogP contribution in [-0.4, -0.2) is 34.1 Å². The number of hydrogen-bond acceptors (Lipinski definition) is 4. The third-order valence-corrected chi connectivity index (χ3v) is 4.90. The Balaban J connectivity index is 2.07. The maximum absolute atomic E-state index is 13.3. The number of rotatable bonds is 4. The third-order valence-electron chi connectivity index (χ3n) is 4.41. The Hall–Kier alpha value is -2.39. The number of benzene rings is 2. The average Bonchev–Trinajstić information content (AvgIpc) is 3.00. The van der Waals surface area contributed by atoms with Gasteiger partial charge in [-0.2, -0.15) is 23.0 Å². The summed E-state index contributed by atoms with van der Waals surface area (Å²) in [5, 5.41) is 14.0. The second-order valence-corrected chi connectivity index (χ2v) is 7.33. The Morgan fingerprint density at radius 3 is 2.43 bits per heavy atom. The van der Waals surface area contributed by atoms with Crippen LogP contribution in [0, 0.1) is 0 Å². The number of halogens is 4. The van der Waals surface area contributed by atoms with Crippen molar-refractivity contribution < 1.29 is 27.8 Å². The first-order chi connectivity index (χ1) is 13.0. The van der Waals surface area contributed by atoms with E-state index in [1.165, 1.54) is 25.3 Å². The standard InChI is InChI=1S/C19H16BrF3N2O3/c1-18(27,19(21,22)23)17-14-8-5-12(20)10-15(14)25(24-17)16(26)9-11-3-6-13(28-2)7-4-11/h3-8,10,27H,9H2,1-2H3. The number of carbonyl (C=O) groups excluding carboxylic acids is 1. The van der Waals surface area contributed by atoms with Gasteiger partial charge in [0.2, 0.25) is 5.60 Å². The van der Waals surface area contributed by atoms with Gasteiger partial charge >= 0.3 is 6.18 Å². The second-order valence-electron chi connectivity index (χ2n) is 6.41. The highest BCUT2D eigenvalue weighted by atomic mass is 79.9. The summed E-state index contributed by atoms with van der Waals surface area (Å²) in [7, 11) is 1.52. The summed E-state index contributed by atoms with van der Waals surface area (Å²) in [5.41, 5.74) is -3.00. The maximum atomic E-state index is 13.3. The Labute approximate surface area is 166 Å². The number of ether oxygens (including phenoxy) is 1. The van der Waals surface area contributed by atoms with Crippen molar-refractivity contribution >= 4 is 32.7 Å². The highest BCUT2D eigenvalue weighted by Crippen LogP contribution is 2.41. The van der Waals surface area contributed by atoms with Gasteiger partial charge in [0.15, 0.2) is 0 Å². The third kappa shape index (κ3) is 3.64.